The van der Waals surface area contributed by atoms with Gasteiger partial charge in [-0.25, -0.2) is 0 Å². The zero-order chi connectivity index (χ0) is 12.6. The Bertz CT molecular complexity index is 457. The van der Waals surface area contributed by atoms with E-state index in [0.29, 0.717) is 0 Å². The van der Waals surface area contributed by atoms with Crippen molar-refractivity contribution in [3.05, 3.63) is 27.7 Å². The summed E-state index contributed by atoms with van der Waals surface area (Å²) in [6, 6.07) is 4.30. The minimum absolute atomic E-state index is 0.0536. The van der Waals surface area contributed by atoms with Crippen LogP contribution >= 0.6 is 27.7 Å². The Hall–Kier alpha value is -0.480. The summed E-state index contributed by atoms with van der Waals surface area (Å²) in [6.45, 7) is 8.54. The Kier molecular flexibility index (Phi) is 3.55. The van der Waals surface area contributed by atoms with E-state index in [1.165, 1.54) is 11.1 Å². The Labute approximate surface area is 115 Å². The molecule has 92 valence electrons. The van der Waals surface area contributed by atoms with Gasteiger partial charge in [-0.3, -0.25) is 4.99 Å². The van der Waals surface area contributed by atoms with Crippen molar-refractivity contribution in [3.8, 4) is 0 Å². The van der Waals surface area contributed by atoms with Crippen LogP contribution in [0.2, 0.25) is 0 Å². The zero-order valence-electron chi connectivity index (χ0n) is 10.6. The number of thioether (sulfide) groups is 1. The van der Waals surface area contributed by atoms with Crippen LogP contribution in [0, 0.1) is 13.8 Å². The first-order valence-corrected chi connectivity index (χ1v) is 7.42. The van der Waals surface area contributed by atoms with Gasteiger partial charge in [0, 0.05) is 10.2 Å². The monoisotopic (exact) mass is 312 g/mol. The highest BCUT2D eigenvalue weighted by molar-refractivity contribution is 9.10. The highest BCUT2D eigenvalue weighted by Gasteiger charge is 2.25. The van der Waals surface area contributed by atoms with E-state index in [1.807, 2.05) is 0 Å². The Morgan fingerprint density at radius 2 is 2.06 bits per heavy atom. The van der Waals surface area contributed by atoms with Crippen molar-refractivity contribution in [3.63, 3.8) is 0 Å². The van der Waals surface area contributed by atoms with Gasteiger partial charge >= 0.3 is 0 Å². The third kappa shape index (κ3) is 3.05. The zero-order valence-corrected chi connectivity index (χ0v) is 13.0. The number of nitrogens with one attached hydrogen (secondary N) is 1. The van der Waals surface area contributed by atoms with Crippen molar-refractivity contribution in [2.24, 2.45) is 4.99 Å². The van der Waals surface area contributed by atoms with Gasteiger partial charge in [0.15, 0.2) is 5.17 Å². The first-order chi connectivity index (χ1) is 7.87. The maximum Gasteiger partial charge on any atom is 0.161 e. The van der Waals surface area contributed by atoms with E-state index in [9.17, 15) is 0 Å². The average molecular weight is 313 g/mol. The SMILES string of the molecule is Cc1cc(C)c(NC2=NC(C)(C)CS2)c(Br)c1. The van der Waals surface area contributed by atoms with Crippen molar-refractivity contribution in [1.29, 1.82) is 0 Å². The van der Waals surface area contributed by atoms with Crippen LogP contribution in [0.4, 0.5) is 5.69 Å². The number of anilines is 1. The van der Waals surface area contributed by atoms with Gasteiger partial charge in [-0.2, -0.15) is 0 Å². The molecule has 0 atom stereocenters. The molecule has 0 fully saturated rings. The first-order valence-electron chi connectivity index (χ1n) is 5.64. The molecule has 0 amide bonds. The summed E-state index contributed by atoms with van der Waals surface area (Å²) in [4.78, 5) is 4.67. The number of rotatable bonds is 1. The summed E-state index contributed by atoms with van der Waals surface area (Å²) in [5, 5.41) is 4.44. The predicted molar refractivity (Wildman–Crippen MR) is 81.2 cm³/mol. The van der Waals surface area contributed by atoms with E-state index in [0.717, 1.165) is 21.1 Å². The largest absolute Gasteiger partial charge is 0.334 e. The summed E-state index contributed by atoms with van der Waals surface area (Å²) in [5.74, 6) is 1.04. The molecule has 17 heavy (non-hydrogen) atoms. The fourth-order valence-corrected chi connectivity index (χ4v) is 3.64. The number of nitrogens with zero attached hydrogens (tertiary/aromatic N) is 1. The summed E-state index contributed by atoms with van der Waals surface area (Å²) in [6.07, 6.45) is 0. The number of aliphatic imine (C=N–C) groups is 1. The van der Waals surface area contributed by atoms with E-state index < -0.39 is 0 Å². The molecule has 0 bridgehead atoms. The summed E-state index contributed by atoms with van der Waals surface area (Å²) < 4.78 is 1.10. The molecule has 2 rings (SSSR count). The van der Waals surface area contributed by atoms with E-state index in [4.69, 9.17) is 0 Å². The molecule has 0 saturated heterocycles. The lowest BCUT2D eigenvalue weighted by molar-refractivity contribution is 0.605. The molecule has 1 aromatic carbocycles. The minimum Gasteiger partial charge on any atom is -0.334 e. The van der Waals surface area contributed by atoms with Gasteiger partial charge in [0.05, 0.1) is 11.2 Å². The molecule has 0 saturated carbocycles. The van der Waals surface area contributed by atoms with E-state index >= 15 is 0 Å². The first kappa shape index (κ1) is 13.0. The third-order valence-electron chi connectivity index (χ3n) is 2.63. The van der Waals surface area contributed by atoms with E-state index in [2.05, 4.69) is 66.1 Å². The van der Waals surface area contributed by atoms with Crippen LogP contribution in [-0.4, -0.2) is 16.5 Å². The van der Waals surface area contributed by atoms with Crippen LogP contribution in [0.15, 0.2) is 21.6 Å². The number of benzene rings is 1. The second kappa shape index (κ2) is 4.65. The second-order valence-electron chi connectivity index (χ2n) is 5.08. The Morgan fingerprint density at radius 3 is 2.59 bits per heavy atom. The molecule has 0 aromatic heterocycles. The van der Waals surface area contributed by atoms with Crippen LogP contribution in [0.5, 0.6) is 0 Å². The molecule has 4 heteroatoms. The molecule has 1 aliphatic rings. The lowest BCUT2D eigenvalue weighted by Crippen LogP contribution is -2.15. The van der Waals surface area contributed by atoms with E-state index in [1.54, 1.807) is 11.8 Å². The standard InChI is InChI=1S/C13H17BrN2S/c1-8-5-9(2)11(10(14)6-8)15-12-16-13(3,4)7-17-12/h5-6H,7H2,1-4H3,(H,15,16). The molecular weight excluding hydrogens is 296 g/mol. The maximum atomic E-state index is 4.67. The van der Waals surface area contributed by atoms with Crippen molar-refractivity contribution in [2.75, 3.05) is 11.1 Å². The molecule has 0 aliphatic carbocycles. The normalized spacial score (nSPS) is 18.1. The molecule has 1 N–H and O–H groups in total. The number of halogens is 1. The van der Waals surface area contributed by atoms with Crippen LogP contribution in [0.3, 0.4) is 0 Å². The van der Waals surface area contributed by atoms with Gasteiger partial charge in [0.25, 0.3) is 0 Å². The minimum atomic E-state index is 0.0536. The van der Waals surface area contributed by atoms with Crippen LogP contribution in [0.25, 0.3) is 0 Å². The highest BCUT2D eigenvalue weighted by atomic mass is 79.9. The van der Waals surface area contributed by atoms with E-state index in [-0.39, 0.29) is 5.54 Å². The third-order valence-corrected chi connectivity index (χ3v) is 4.57. The fourth-order valence-electron chi connectivity index (χ4n) is 1.83. The smallest absolute Gasteiger partial charge is 0.161 e. The number of amidine groups is 1. The Balaban J connectivity index is 2.26. The van der Waals surface area contributed by atoms with Crippen LogP contribution in [0.1, 0.15) is 25.0 Å². The molecule has 0 unspecified atom stereocenters. The average Bonchev–Trinajstić information content (AvgIpc) is 2.52. The van der Waals surface area contributed by atoms with Crippen molar-refractivity contribution >= 4 is 38.5 Å². The maximum absolute atomic E-state index is 4.67. The molecule has 1 heterocycles. The van der Waals surface area contributed by atoms with Crippen LogP contribution < -0.4 is 5.32 Å². The number of hydrogen-bond acceptors (Lipinski definition) is 3. The lowest BCUT2D eigenvalue weighted by Gasteiger charge is -2.12. The number of hydrogen-bond donors (Lipinski definition) is 1. The molecule has 1 aromatic rings. The van der Waals surface area contributed by atoms with Crippen molar-refractivity contribution in [2.45, 2.75) is 33.2 Å². The van der Waals surface area contributed by atoms with Crippen molar-refractivity contribution < 1.29 is 0 Å². The van der Waals surface area contributed by atoms with Gasteiger partial charge in [-0.1, -0.05) is 17.8 Å². The summed E-state index contributed by atoms with van der Waals surface area (Å²) in [7, 11) is 0. The van der Waals surface area contributed by atoms with Gasteiger partial charge in [0.2, 0.25) is 0 Å². The molecule has 0 spiro atoms. The Morgan fingerprint density at radius 1 is 1.35 bits per heavy atom. The topological polar surface area (TPSA) is 24.4 Å². The fraction of sp³-hybridized carbons (Fsp3) is 0.462. The van der Waals surface area contributed by atoms with Gasteiger partial charge in [0.1, 0.15) is 0 Å². The molecule has 2 nitrogen and oxygen atoms in total. The van der Waals surface area contributed by atoms with Gasteiger partial charge in [-0.15, -0.1) is 0 Å². The quantitative estimate of drug-likeness (QED) is 0.833. The number of aryl methyl sites for hydroxylation is 2. The van der Waals surface area contributed by atoms with Gasteiger partial charge in [-0.05, 0) is 60.8 Å². The van der Waals surface area contributed by atoms with Crippen molar-refractivity contribution in [1.82, 2.24) is 0 Å². The summed E-state index contributed by atoms with van der Waals surface area (Å²) in [5.41, 5.74) is 3.68. The lowest BCUT2D eigenvalue weighted by atomic mass is 10.1. The predicted octanol–water partition coefficient (Wildman–Crippen LogP) is 4.36. The van der Waals surface area contributed by atoms with Gasteiger partial charge < -0.3 is 5.32 Å². The van der Waals surface area contributed by atoms with Crippen LogP contribution in [-0.2, 0) is 0 Å². The summed E-state index contributed by atoms with van der Waals surface area (Å²) >= 11 is 5.39. The molecule has 1 aliphatic heterocycles. The highest BCUT2D eigenvalue weighted by Crippen LogP contribution is 2.32. The molecular formula is C13H17BrN2S. The molecule has 0 radical (unpaired) electrons. The second-order valence-corrected chi connectivity index (χ2v) is 6.90.